The fourth-order valence-corrected chi connectivity index (χ4v) is 2.97. The topological polar surface area (TPSA) is 74.6 Å². The van der Waals surface area contributed by atoms with Crippen LogP contribution in [0.25, 0.3) is 0 Å². The quantitative estimate of drug-likeness (QED) is 0.824. The average molecular weight is 302 g/mol. The number of hydrogen-bond donors (Lipinski definition) is 2. The minimum Gasteiger partial charge on any atom is -0.478 e. The molecule has 0 aromatic heterocycles. The average Bonchev–Trinajstić information content (AvgIpc) is 2.46. The van der Waals surface area contributed by atoms with Gasteiger partial charge in [-0.05, 0) is 30.2 Å². The zero-order valence-electron chi connectivity index (χ0n) is 11.4. The first-order chi connectivity index (χ1) is 9.99. The molecule has 5 heteroatoms. The van der Waals surface area contributed by atoms with Gasteiger partial charge in [-0.1, -0.05) is 30.3 Å². The van der Waals surface area contributed by atoms with E-state index < -0.39 is 11.9 Å². The standard InChI is InChI=1S/C16H14O4S/c1-10-13(16(19)20)7-12(15(17)18)8-14(10)21-9-11-5-3-2-4-6-11/h2-8H,9H2,1H3,(H,17,18)(H,19,20). The van der Waals surface area contributed by atoms with Gasteiger partial charge in [0.05, 0.1) is 11.1 Å². The van der Waals surface area contributed by atoms with Crippen LogP contribution in [-0.4, -0.2) is 22.2 Å². The SMILES string of the molecule is Cc1c(SCc2ccccc2)cc(C(=O)O)cc1C(=O)O. The van der Waals surface area contributed by atoms with Gasteiger partial charge in [-0.15, -0.1) is 11.8 Å². The van der Waals surface area contributed by atoms with Crippen molar-refractivity contribution in [3.63, 3.8) is 0 Å². The second-order valence-corrected chi connectivity index (χ2v) is 5.55. The lowest BCUT2D eigenvalue weighted by atomic mass is 10.1. The molecule has 2 aromatic carbocycles. The molecule has 2 rings (SSSR count). The van der Waals surface area contributed by atoms with Crippen molar-refractivity contribution in [2.75, 3.05) is 0 Å². The Labute approximate surface area is 126 Å². The molecule has 0 radical (unpaired) electrons. The van der Waals surface area contributed by atoms with E-state index in [4.69, 9.17) is 5.11 Å². The van der Waals surface area contributed by atoms with E-state index in [1.807, 2.05) is 30.3 Å². The van der Waals surface area contributed by atoms with Gasteiger partial charge >= 0.3 is 11.9 Å². The highest BCUT2D eigenvalue weighted by atomic mass is 32.2. The van der Waals surface area contributed by atoms with Crippen LogP contribution in [-0.2, 0) is 5.75 Å². The molecule has 2 N–H and O–H groups in total. The highest BCUT2D eigenvalue weighted by Crippen LogP contribution is 2.29. The zero-order valence-corrected chi connectivity index (χ0v) is 12.2. The summed E-state index contributed by atoms with van der Waals surface area (Å²) in [5.74, 6) is -1.58. The molecular weight excluding hydrogens is 288 g/mol. The maximum absolute atomic E-state index is 11.2. The molecule has 0 heterocycles. The summed E-state index contributed by atoms with van der Waals surface area (Å²) in [6.07, 6.45) is 0. The van der Waals surface area contributed by atoms with Crippen molar-refractivity contribution in [2.24, 2.45) is 0 Å². The van der Waals surface area contributed by atoms with Gasteiger partial charge in [-0.25, -0.2) is 9.59 Å². The molecule has 108 valence electrons. The Hall–Kier alpha value is -2.27. The van der Waals surface area contributed by atoms with Gasteiger partial charge in [-0.3, -0.25) is 0 Å². The Balaban J connectivity index is 2.33. The van der Waals surface area contributed by atoms with Crippen LogP contribution >= 0.6 is 11.8 Å². The van der Waals surface area contributed by atoms with E-state index in [1.54, 1.807) is 6.92 Å². The summed E-state index contributed by atoms with van der Waals surface area (Å²) in [7, 11) is 0. The van der Waals surface area contributed by atoms with Gasteiger partial charge in [0, 0.05) is 10.6 Å². The Morgan fingerprint density at radius 3 is 2.29 bits per heavy atom. The van der Waals surface area contributed by atoms with Gasteiger partial charge < -0.3 is 10.2 Å². The first-order valence-corrected chi connectivity index (χ1v) is 7.25. The normalized spacial score (nSPS) is 10.3. The molecule has 0 aliphatic rings. The smallest absolute Gasteiger partial charge is 0.336 e. The number of hydrogen-bond acceptors (Lipinski definition) is 3. The minimum atomic E-state index is -1.13. The number of carboxylic acid groups (broad SMARTS) is 2. The fourth-order valence-electron chi connectivity index (χ4n) is 1.92. The Kier molecular flexibility index (Phi) is 4.65. The highest BCUT2D eigenvalue weighted by Gasteiger charge is 2.16. The molecule has 0 fully saturated rings. The molecule has 21 heavy (non-hydrogen) atoms. The van der Waals surface area contributed by atoms with Crippen molar-refractivity contribution in [2.45, 2.75) is 17.6 Å². The summed E-state index contributed by atoms with van der Waals surface area (Å²) in [5.41, 5.74) is 1.71. The van der Waals surface area contributed by atoms with Crippen LogP contribution < -0.4 is 0 Å². The molecule has 0 aliphatic heterocycles. The fraction of sp³-hybridized carbons (Fsp3) is 0.125. The molecular formula is C16H14O4S. The molecule has 2 aromatic rings. The van der Waals surface area contributed by atoms with Crippen LogP contribution in [0.15, 0.2) is 47.4 Å². The largest absolute Gasteiger partial charge is 0.478 e. The summed E-state index contributed by atoms with van der Waals surface area (Å²) in [6, 6.07) is 12.5. The first-order valence-electron chi connectivity index (χ1n) is 6.27. The molecule has 0 saturated carbocycles. The Morgan fingerprint density at radius 1 is 1.05 bits per heavy atom. The van der Waals surface area contributed by atoms with Crippen molar-refractivity contribution >= 4 is 23.7 Å². The summed E-state index contributed by atoms with van der Waals surface area (Å²) in [4.78, 5) is 23.0. The van der Waals surface area contributed by atoms with Crippen LogP contribution in [0.3, 0.4) is 0 Å². The van der Waals surface area contributed by atoms with E-state index in [9.17, 15) is 14.7 Å². The van der Waals surface area contributed by atoms with Crippen molar-refractivity contribution in [1.29, 1.82) is 0 Å². The summed E-state index contributed by atoms with van der Waals surface area (Å²) < 4.78 is 0. The zero-order chi connectivity index (χ0) is 15.4. The summed E-state index contributed by atoms with van der Waals surface area (Å²) in [5, 5.41) is 18.3. The molecule has 4 nitrogen and oxygen atoms in total. The van der Waals surface area contributed by atoms with E-state index >= 15 is 0 Å². The number of thioether (sulfide) groups is 1. The second-order valence-electron chi connectivity index (χ2n) is 4.53. The van der Waals surface area contributed by atoms with Crippen molar-refractivity contribution in [3.05, 3.63) is 64.7 Å². The third kappa shape index (κ3) is 3.64. The molecule has 0 atom stereocenters. The van der Waals surface area contributed by atoms with E-state index in [2.05, 4.69) is 0 Å². The highest BCUT2D eigenvalue weighted by molar-refractivity contribution is 7.98. The second kappa shape index (κ2) is 6.45. The molecule has 0 saturated heterocycles. The molecule has 0 aliphatic carbocycles. The van der Waals surface area contributed by atoms with E-state index in [0.29, 0.717) is 16.2 Å². The van der Waals surface area contributed by atoms with Gasteiger partial charge in [0.15, 0.2) is 0 Å². The maximum Gasteiger partial charge on any atom is 0.336 e. The van der Waals surface area contributed by atoms with Crippen molar-refractivity contribution in [3.8, 4) is 0 Å². The van der Waals surface area contributed by atoms with Gasteiger partial charge in [0.1, 0.15) is 0 Å². The number of benzene rings is 2. The lowest BCUT2D eigenvalue weighted by molar-refractivity contribution is 0.0695. The molecule has 0 bridgehead atoms. The lowest BCUT2D eigenvalue weighted by Gasteiger charge is -2.10. The Morgan fingerprint density at radius 2 is 1.71 bits per heavy atom. The van der Waals surface area contributed by atoms with Crippen LogP contribution in [0.1, 0.15) is 31.8 Å². The molecule has 0 unspecified atom stereocenters. The monoisotopic (exact) mass is 302 g/mol. The summed E-state index contributed by atoms with van der Waals surface area (Å²) in [6.45, 7) is 1.70. The molecule has 0 spiro atoms. The Bertz CT molecular complexity index is 680. The lowest BCUT2D eigenvalue weighted by Crippen LogP contribution is -2.06. The maximum atomic E-state index is 11.2. The third-order valence-electron chi connectivity index (χ3n) is 3.07. The van der Waals surface area contributed by atoms with E-state index in [0.717, 1.165) is 5.56 Å². The number of rotatable bonds is 5. The predicted molar refractivity (Wildman–Crippen MR) is 81.1 cm³/mol. The van der Waals surface area contributed by atoms with E-state index in [-0.39, 0.29) is 11.1 Å². The van der Waals surface area contributed by atoms with Crippen LogP contribution in [0.4, 0.5) is 0 Å². The predicted octanol–water partition coefficient (Wildman–Crippen LogP) is 3.68. The van der Waals surface area contributed by atoms with Crippen molar-refractivity contribution in [1.82, 2.24) is 0 Å². The van der Waals surface area contributed by atoms with Gasteiger partial charge in [0.2, 0.25) is 0 Å². The van der Waals surface area contributed by atoms with Crippen LogP contribution in [0.2, 0.25) is 0 Å². The first kappa shape index (κ1) is 15.1. The molecule has 0 amide bonds. The number of aromatic carboxylic acids is 2. The number of carboxylic acids is 2. The van der Waals surface area contributed by atoms with Gasteiger partial charge in [0.25, 0.3) is 0 Å². The number of carbonyl (C=O) groups is 2. The van der Waals surface area contributed by atoms with Crippen LogP contribution in [0.5, 0.6) is 0 Å². The van der Waals surface area contributed by atoms with E-state index in [1.165, 1.54) is 23.9 Å². The van der Waals surface area contributed by atoms with Crippen molar-refractivity contribution < 1.29 is 19.8 Å². The van der Waals surface area contributed by atoms with Crippen LogP contribution in [0, 0.1) is 6.92 Å². The third-order valence-corrected chi connectivity index (χ3v) is 4.29. The van der Waals surface area contributed by atoms with Gasteiger partial charge in [-0.2, -0.15) is 0 Å². The minimum absolute atomic E-state index is 0.00596. The summed E-state index contributed by atoms with van der Waals surface area (Å²) >= 11 is 1.44.